The Kier molecular flexibility index (Phi) is 5.89. The minimum Gasteiger partial charge on any atom is -0.323 e. The molecule has 31 heavy (non-hydrogen) atoms. The van der Waals surface area contributed by atoms with Gasteiger partial charge in [0.05, 0.1) is 21.3 Å². The number of nitrogens with zero attached hydrogens (tertiary/aromatic N) is 2. The van der Waals surface area contributed by atoms with Crippen LogP contribution in [0.1, 0.15) is 16.7 Å². The zero-order valence-electron chi connectivity index (χ0n) is 16.7. The van der Waals surface area contributed by atoms with Crippen molar-refractivity contribution < 1.29 is 17.7 Å². The van der Waals surface area contributed by atoms with Crippen LogP contribution in [0.4, 0.5) is 24.8 Å². The molecule has 1 aliphatic heterocycles. The van der Waals surface area contributed by atoms with Crippen molar-refractivity contribution in [1.82, 2.24) is 15.3 Å². The SMILES string of the molecule is CP(C)(=O)c1csc(-c2nc(Nc3cc4c(cc3Cl)CNCC4)ncc2C(F)(F)F)c1. The van der Waals surface area contributed by atoms with Gasteiger partial charge in [0.2, 0.25) is 5.95 Å². The van der Waals surface area contributed by atoms with Gasteiger partial charge in [0.25, 0.3) is 0 Å². The molecule has 11 heteroatoms. The van der Waals surface area contributed by atoms with Gasteiger partial charge >= 0.3 is 6.18 Å². The predicted molar refractivity (Wildman–Crippen MR) is 120 cm³/mol. The molecule has 0 spiro atoms. The number of aromatic nitrogens is 2. The van der Waals surface area contributed by atoms with Crippen molar-refractivity contribution in [3.63, 3.8) is 0 Å². The van der Waals surface area contributed by atoms with E-state index in [1.807, 2.05) is 12.1 Å². The van der Waals surface area contributed by atoms with E-state index in [0.717, 1.165) is 48.2 Å². The van der Waals surface area contributed by atoms with Gasteiger partial charge in [-0.3, -0.25) is 0 Å². The fourth-order valence-corrected chi connectivity index (χ4v) is 6.00. The Bertz CT molecular complexity index is 1190. The van der Waals surface area contributed by atoms with Crippen molar-refractivity contribution in [2.45, 2.75) is 19.1 Å². The lowest BCUT2D eigenvalue weighted by molar-refractivity contribution is -0.137. The molecule has 3 heterocycles. The molecule has 0 saturated heterocycles. The van der Waals surface area contributed by atoms with Crippen LogP contribution in [0.3, 0.4) is 0 Å². The lowest BCUT2D eigenvalue weighted by Gasteiger charge is -2.19. The van der Waals surface area contributed by atoms with Gasteiger partial charge in [-0.25, -0.2) is 9.97 Å². The van der Waals surface area contributed by atoms with Gasteiger partial charge in [-0.05, 0) is 55.6 Å². The van der Waals surface area contributed by atoms with Crippen LogP contribution < -0.4 is 15.9 Å². The summed E-state index contributed by atoms with van der Waals surface area (Å²) < 4.78 is 53.2. The molecular formula is C20H19ClF3N4OPS. The largest absolute Gasteiger partial charge is 0.420 e. The number of hydrogen-bond donors (Lipinski definition) is 2. The molecule has 1 aliphatic rings. The van der Waals surface area contributed by atoms with E-state index in [2.05, 4.69) is 20.6 Å². The van der Waals surface area contributed by atoms with Crippen molar-refractivity contribution in [1.29, 1.82) is 0 Å². The fraction of sp³-hybridized carbons (Fsp3) is 0.300. The molecule has 2 N–H and O–H groups in total. The summed E-state index contributed by atoms with van der Waals surface area (Å²) in [6.07, 6.45) is -3.04. The van der Waals surface area contributed by atoms with Crippen LogP contribution in [-0.2, 0) is 23.7 Å². The van der Waals surface area contributed by atoms with Crippen molar-refractivity contribution in [2.24, 2.45) is 0 Å². The summed E-state index contributed by atoms with van der Waals surface area (Å²) in [5, 5.41) is 8.78. The summed E-state index contributed by atoms with van der Waals surface area (Å²) in [6, 6.07) is 5.22. The summed E-state index contributed by atoms with van der Waals surface area (Å²) in [4.78, 5) is 8.31. The molecule has 4 rings (SSSR count). The maximum Gasteiger partial charge on any atom is 0.420 e. The van der Waals surface area contributed by atoms with Crippen LogP contribution >= 0.6 is 30.1 Å². The van der Waals surface area contributed by atoms with Gasteiger partial charge in [0, 0.05) is 23.4 Å². The van der Waals surface area contributed by atoms with E-state index in [1.165, 1.54) is 6.07 Å². The van der Waals surface area contributed by atoms with E-state index in [0.29, 0.717) is 16.0 Å². The molecule has 5 nitrogen and oxygen atoms in total. The first kappa shape index (κ1) is 22.3. The molecule has 1 aromatic carbocycles. The number of alkyl halides is 3. The Labute approximate surface area is 186 Å². The zero-order valence-corrected chi connectivity index (χ0v) is 19.1. The van der Waals surface area contributed by atoms with Crippen LogP contribution in [0.2, 0.25) is 5.02 Å². The summed E-state index contributed by atoms with van der Waals surface area (Å²) >= 11 is 7.44. The molecule has 2 aromatic heterocycles. The number of rotatable bonds is 4. The molecule has 0 unspecified atom stereocenters. The first-order valence-corrected chi connectivity index (χ1v) is 13.3. The maximum absolute atomic E-state index is 13.6. The molecule has 0 radical (unpaired) electrons. The van der Waals surface area contributed by atoms with Crippen LogP contribution in [0.25, 0.3) is 10.6 Å². The number of thiophene rings is 1. The average molecular weight is 487 g/mol. The molecule has 0 aliphatic carbocycles. The Morgan fingerprint density at radius 1 is 1.23 bits per heavy atom. The minimum atomic E-state index is -4.63. The third-order valence-corrected chi connectivity index (χ3v) is 7.88. The van der Waals surface area contributed by atoms with E-state index >= 15 is 0 Å². The third kappa shape index (κ3) is 4.80. The number of nitrogens with one attached hydrogen (secondary N) is 2. The van der Waals surface area contributed by atoms with Crippen molar-refractivity contribution in [3.05, 3.63) is 51.5 Å². The fourth-order valence-electron chi connectivity index (χ4n) is 3.29. The van der Waals surface area contributed by atoms with Crippen LogP contribution in [0, 0.1) is 0 Å². The van der Waals surface area contributed by atoms with E-state index < -0.39 is 18.9 Å². The number of halogens is 4. The monoisotopic (exact) mass is 486 g/mol. The zero-order chi connectivity index (χ0) is 22.4. The van der Waals surface area contributed by atoms with Gasteiger partial charge in [-0.15, -0.1) is 11.3 Å². The highest BCUT2D eigenvalue weighted by atomic mass is 35.5. The molecule has 3 aromatic rings. The summed E-state index contributed by atoms with van der Waals surface area (Å²) in [5.74, 6) is 0.00455. The van der Waals surface area contributed by atoms with Gasteiger partial charge in [-0.2, -0.15) is 13.2 Å². The Hall–Kier alpha value is -1.93. The molecule has 0 bridgehead atoms. The minimum absolute atomic E-state index is 0.00455. The first-order valence-electron chi connectivity index (χ1n) is 9.40. The highest BCUT2D eigenvalue weighted by Crippen LogP contribution is 2.42. The van der Waals surface area contributed by atoms with E-state index in [9.17, 15) is 17.7 Å². The molecule has 0 atom stereocenters. The lowest BCUT2D eigenvalue weighted by atomic mass is 10.0. The molecule has 0 saturated carbocycles. The number of fused-ring (bicyclic) bond motifs is 1. The van der Waals surface area contributed by atoms with Crippen LogP contribution in [0.5, 0.6) is 0 Å². The quantitative estimate of drug-likeness (QED) is 0.476. The van der Waals surface area contributed by atoms with Gasteiger partial charge in [0.15, 0.2) is 0 Å². The van der Waals surface area contributed by atoms with Crippen LogP contribution in [-0.4, -0.2) is 29.8 Å². The topological polar surface area (TPSA) is 66.9 Å². The van der Waals surface area contributed by atoms with Gasteiger partial charge in [0.1, 0.15) is 12.7 Å². The molecule has 0 fully saturated rings. The third-order valence-electron chi connectivity index (χ3n) is 4.96. The second kappa shape index (κ2) is 8.20. The predicted octanol–water partition coefficient (Wildman–Crippen LogP) is 5.51. The average Bonchev–Trinajstić information content (AvgIpc) is 3.18. The summed E-state index contributed by atoms with van der Waals surface area (Å²) in [7, 11) is -2.61. The molecule has 164 valence electrons. The Morgan fingerprint density at radius 3 is 2.68 bits per heavy atom. The highest BCUT2D eigenvalue weighted by molar-refractivity contribution is 7.70. The first-order chi connectivity index (χ1) is 14.5. The maximum atomic E-state index is 13.6. The van der Waals surface area contributed by atoms with Crippen molar-refractivity contribution in [2.75, 3.05) is 25.2 Å². The van der Waals surface area contributed by atoms with E-state index in [4.69, 9.17) is 11.6 Å². The van der Waals surface area contributed by atoms with Gasteiger partial charge < -0.3 is 15.2 Å². The van der Waals surface area contributed by atoms with Crippen molar-refractivity contribution in [3.8, 4) is 10.6 Å². The van der Waals surface area contributed by atoms with E-state index in [1.54, 1.807) is 18.7 Å². The number of hydrogen-bond acceptors (Lipinski definition) is 6. The van der Waals surface area contributed by atoms with Gasteiger partial charge in [-0.1, -0.05) is 11.6 Å². The summed E-state index contributed by atoms with van der Waals surface area (Å²) in [5.41, 5.74) is 1.53. The Morgan fingerprint density at radius 2 is 2.00 bits per heavy atom. The smallest absolute Gasteiger partial charge is 0.323 e. The Balaban J connectivity index is 1.75. The lowest BCUT2D eigenvalue weighted by Crippen LogP contribution is -2.23. The molecular weight excluding hydrogens is 468 g/mol. The standard InChI is InChI=1S/C20H19ClF3N4OPS/c1-30(2,29)13-7-17(31-10-13)18-14(20(22,23)24)9-26-19(28-18)27-16-6-11-3-4-25-8-12(11)5-15(16)21/h5-7,9-10,25H,3-4,8H2,1-2H3,(H,26,27,28). The second-order valence-corrected chi connectivity index (χ2v) is 12.2. The van der Waals surface area contributed by atoms with Crippen molar-refractivity contribution >= 4 is 47.0 Å². The summed E-state index contributed by atoms with van der Waals surface area (Å²) in [6.45, 7) is 4.71. The molecule has 0 amide bonds. The normalized spacial score (nSPS) is 14.4. The van der Waals surface area contributed by atoms with E-state index in [-0.39, 0.29) is 16.5 Å². The second-order valence-electron chi connectivity index (χ2n) is 7.63. The van der Waals surface area contributed by atoms with Crippen LogP contribution in [0.15, 0.2) is 29.8 Å². The highest BCUT2D eigenvalue weighted by Gasteiger charge is 2.36. The number of anilines is 2. The number of benzene rings is 1.